The zero-order valence-corrected chi connectivity index (χ0v) is 84.5. The number of hydrogen-bond donors (Lipinski definition) is 0. The van der Waals surface area contributed by atoms with Gasteiger partial charge in [-0.2, -0.15) is 12.8 Å². The molecule has 1 aliphatic rings. The molecule has 0 atom stereocenters. The number of rotatable bonds is 83. The molecular formula is C118H206N2Pd. The van der Waals surface area contributed by atoms with Gasteiger partial charge in [-0.05, 0) is 92.8 Å². The fraction of sp³-hybridized carbons (Fsp3) is 0.797. The first-order chi connectivity index (χ1) is 59.3. The Labute approximate surface area is 774 Å². The predicted octanol–water partition coefficient (Wildman–Crippen LogP) is 41.2. The van der Waals surface area contributed by atoms with Gasteiger partial charge < -0.3 is 19.4 Å². The van der Waals surface area contributed by atoms with E-state index in [0.717, 1.165) is 115 Å². The van der Waals surface area contributed by atoms with Crippen LogP contribution in [-0.2, 0) is 33.3 Å². The summed E-state index contributed by atoms with van der Waals surface area (Å²) in [5.41, 5.74) is 23.5. The van der Waals surface area contributed by atoms with Crippen LogP contribution in [-0.4, -0.2) is 4.70 Å². The van der Waals surface area contributed by atoms with Gasteiger partial charge in [-0.15, -0.1) is 0 Å². The Morgan fingerprint density at radius 3 is 0.669 bits per heavy atom. The van der Waals surface area contributed by atoms with Gasteiger partial charge in [0, 0.05) is 47.1 Å². The van der Waals surface area contributed by atoms with Crippen molar-refractivity contribution in [2.45, 2.75) is 608 Å². The van der Waals surface area contributed by atoms with Crippen molar-refractivity contribution in [1.82, 2.24) is 0 Å². The van der Waals surface area contributed by atoms with Crippen LogP contribution in [0.2, 0.25) is 0 Å². The summed E-state index contributed by atoms with van der Waals surface area (Å²) in [7, 11) is 0. The van der Waals surface area contributed by atoms with Gasteiger partial charge in [0.1, 0.15) is 5.57 Å². The van der Waals surface area contributed by atoms with Crippen LogP contribution < -0.4 is 0 Å². The maximum Gasteiger partial charge on any atom is 2.00 e. The Morgan fingerprint density at radius 1 is 0.231 bits per heavy atom. The van der Waals surface area contributed by atoms with Crippen LogP contribution in [0.3, 0.4) is 0 Å². The number of nitrogens with zero attached hydrogens (tertiary/aromatic N) is 2. The van der Waals surface area contributed by atoms with Crippen LogP contribution in [0.4, 0.5) is 0 Å². The average molecular weight is 1760 g/mol. The van der Waals surface area contributed by atoms with Crippen LogP contribution in [0.5, 0.6) is 0 Å². The summed E-state index contributed by atoms with van der Waals surface area (Å²) in [6, 6.07) is 13.8. The van der Waals surface area contributed by atoms with E-state index in [1.54, 1.807) is 0 Å². The molecule has 1 aliphatic heterocycles. The van der Waals surface area contributed by atoms with Crippen LogP contribution in [0.1, 0.15) is 628 Å². The molecule has 2 aromatic rings. The van der Waals surface area contributed by atoms with Crippen molar-refractivity contribution in [3.8, 4) is 35.5 Å². The molecule has 698 valence electrons. The Hall–Kier alpha value is -3.14. The van der Waals surface area contributed by atoms with Gasteiger partial charge in [0.2, 0.25) is 11.4 Å². The Kier molecular flexibility index (Phi) is 93.5. The van der Waals surface area contributed by atoms with E-state index < -0.39 is 0 Å². The molecule has 0 unspecified atom stereocenters. The minimum absolute atomic E-state index is 0. The number of benzene rings is 2. The van der Waals surface area contributed by atoms with Crippen LogP contribution >= 0.6 is 0 Å². The monoisotopic (exact) mass is 1760 g/mol. The van der Waals surface area contributed by atoms with E-state index in [-0.39, 0.29) is 20.4 Å². The average Bonchev–Trinajstić information content (AvgIpc) is 1.60. The molecule has 3 rings (SSSR count). The van der Waals surface area contributed by atoms with Crippen LogP contribution in [0, 0.1) is 49.4 Å². The zero-order valence-electron chi connectivity index (χ0n) is 82.9. The number of allylic oxidation sites excluding steroid dienone is 2. The van der Waals surface area contributed by atoms with Crippen molar-refractivity contribution < 1.29 is 25.1 Å². The van der Waals surface area contributed by atoms with Gasteiger partial charge in [-0.3, -0.25) is 0 Å². The van der Waals surface area contributed by atoms with Gasteiger partial charge in [-0.1, -0.05) is 566 Å². The molecule has 0 amide bonds. The van der Waals surface area contributed by atoms with E-state index in [9.17, 15) is 5.53 Å². The first-order valence-corrected chi connectivity index (χ1v) is 54.6. The van der Waals surface area contributed by atoms with Gasteiger partial charge in [0.15, 0.2) is 0 Å². The zero-order chi connectivity index (χ0) is 86.6. The first-order valence-electron chi connectivity index (χ1n) is 54.6. The van der Waals surface area contributed by atoms with Gasteiger partial charge in [0.25, 0.3) is 0 Å². The molecule has 121 heavy (non-hydrogen) atoms. The van der Waals surface area contributed by atoms with E-state index in [0.29, 0.717) is 0 Å². The quantitative estimate of drug-likeness (QED) is 0.0207. The molecule has 0 aromatic heterocycles. The molecule has 0 saturated heterocycles. The SMILES string of the molecule is CCCCCCCCCCCC#Cc1cc(C#CCCCCCCCCCCC)cc(C2=C(C#CCCCCCCCCCCCCCCCC)C(CC)=C(c3cc(CCCCCC)cc(CCCCCC)c3)[N+]2=[N-])c1.[CH2-]CCCCCCCCCCCCCCCCCCCCC.[CH2-]CCCCCCCCCCCCCCCCCCCCC.[Pd+2]. The summed E-state index contributed by atoms with van der Waals surface area (Å²) in [6.45, 7) is 26.1. The second-order valence-electron chi connectivity index (χ2n) is 37.5. The summed E-state index contributed by atoms with van der Waals surface area (Å²) < 4.78 is 1.53. The standard InChI is InChI=1S/C74H116N2.2C22H45.Pd/c1-7-13-18-23-26-29-32-33-34-35-36-39-42-45-48-53-58-72-71(12-6)73(69-61-65(54-49-21-16-10-4)59-66(62-69)55-50-22-17-11-5)76(75)74(72)70-63-67(56-51-46-43-40-37-30-27-24-19-14-8-2)60-68(64-70)57-52-47-44-41-38-31-28-25-20-15-9-3;2*1-3-5-7-9-11-13-15-17-19-21-22-20-18-16-14-12-10-8-6-4-2;/h59-64H,7-50,54-55H2,1-6H3;2*1,3-22H2,2H3;/q;2*-1;+2. The van der Waals surface area contributed by atoms with E-state index in [2.05, 4.69) is 141 Å². The predicted molar refractivity (Wildman–Crippen MR) is 543 cm³/mol. The van der Waals surface area contributed by atoms with Crippen LogP contribution in [0.25, 0.3) is 16.9 Å². The third-order valence-electron chi connectivity index (χ3n) is 25.6. The largest absolute Gasteiger partial charge is 2.00 e. The summed E-state index contributed by atoms with van der Waals surface area (Å²) in [5.74, 6) is 21.8. The molecule has 0 saturated carbocycles. The molecular weight excluding hydrogens is 1550 g/mol. The molecule has 2 aromatic carbocycles. The van der Waals surface area contributed by atoms with Crippen molar-refractivity contribution in [2.75, 3.05) is 0 Å². The van der Waals surface area contributed by atoms with Crippen LogP contribution in [0.15, 0.2) is 47.5 Å². The minimum atomic E-state index is 0. The molecule has 0 spiro atoms. The molecule has 2 nitrogen and oxygen atoms in total. The first kappa shape index (κ1) is 118. The second-order valence-corrected chi connectivity index (χ2v) is 37.5. The fourth-order valence-electron chi connectivity index (χ4n) is 17.7. The number of hydrogen-bond acceptors (Lipinski definition) is 0. The van der Waals surface area contributed by atoms with E-state index in [1.807, 2.05) is 0 Å². The molecule has 0 fully saturated rings. The molecule has 1 heterocycles. The van der Waals surface area contributed by atoms with Gasteiger partial charge in [-0.25, -0.2) is 4.70 Å². The Balaban J connectivity index is 0.00000259. The number of aryl methyl sites for hydroxylation is 2. The Bertz CT molecular complexity index is 2640. The van der Waals surface area contributed by atoms with Crippen molar-refractivity contribution in [2.24, 2.45) is 0 Å². The Morgan fingerprint density at radius 2 is 0.438 bits per heavy atom. The fourth-order valence-corrected chi connectivity index (χ4v) is 17.7. The van der Waals surface area contributed by atoms with Gasteiger partial charge in [0.05, 0.1) is 0 Å². The van der Waals surface area contributed by atoms with E-state index >= 15 is 0 Å². The third-order valence-corrected chi connectivity index (χ3v) is 25.6. The van der Waals surface area contributed by atoms with E-state index in [4.69, 9.17) is 0 Å². The summed E-state index contributed by atoms with van der Waals surface area (Å²) in [5, 5.41) is 0. The normalized spacial score (nSPS) is 11.8. The smallest absolute Gasteiger partial charge is 0.493 e. The molecule has 0 N–H and O–H groups in total. The summed E-state index contributed by atoms with van der Waals surface area (Å²) in [4.78, 5) is 0. The maximum absolute atomic E-state index is 12.9. The van der Waals surface area contributed by atoms with Crippen molar-refractivity contribution >= 4 is 11.4 Å². The minimum Gasteiger partial charge on any atom is -0.493 e. The second kappa shape index (κ2) is 96.0. The molecule has 0 radical (unpaired) electrons. The van der Waals surface area contributed by atoms with Crippen molar-refractivity contribution in [3.05, 3.63) is 100 Å². The third kappa shape index (κ3) is 73.5. The summed E-state index contributed by atoms with van der Waals surface area (Å²) >= 11 is 0. The number of unbranched alkanes of at least 4 members (excludes halogenated alkanes) is 76. The van der Waals surface area contributed by atoms with Crippen molar-refractivity contribution in [3.63, 3.8) is 0 Å². The molecule has 3 heteroatoms. The molecule has 0 aliphatic carbocycles. The summed E-state index contributed by atoms with van der Waals surface area (Å²) in [6.07, 6.45) is 116. The maximum atomic E-state index is 12.9. The van der Waals surface area contributed by atoms with Crippen molar-refractivity contribution in [1.29, 1.82) is 0 Å². The van der Waals surface area contributed by atoms with E-state index in [1.165, 1.54) is 497 Å². The topological polar surface area (TPSA) is 25.3 Å². The molecule has 0 bridgehead atoms. The van der Waals surface area contributed by atoms with Gasteiger partial charge >= 0.3 is 20.4 Å².